The van der Waals surface area contributed by atoms with Gasteiger partial charge in [0.25, 0.3) is 11.8 Å². The Hall–Kier alpha value is -2.38. The second-order valence-electron chi connectivity index (χ2n) is 9.54. The number of carbonyl (C=O) groups excluding carboxylic acids is 3. The fourth-order valence-electron chi connectivity index (χ4n) is 5.08. The number of nitrogens with one attached hydrogen (secondary N) is 1. The average Bonchev–Trinajstić information content (AvgIpc) is 2.82. The number of piperidine rings is 1. The van der Waals surface area contributed by atoms with Gasteiger partial charge in [0.2, 0.25) is 0 Å². The maximum Gasteiger partial charge on any atom is 0.315 e. The van der Waals surface area contributed by atoms with E-state index in [1.54, 1.807) is 19.9 Å². The lowest BCUT2D eigenvalue weighted by atomic mass is 9.80. The first-order valence-electron chi connectivity index (χ1n) is 11.9. The molecule has 3 rings (SSSR count). The number of ketones is 1. The molecule has 2 amide bonds. The van der Waals surface area contributed by atoms with E-state index in [0.29, 0.717) is 12.8 Å². The lowest BCUT2D eigenvalue weighted by molar-refractivity contribution is -0.144. The highest BCUT2D eigenvalue weighted by atomic mass is 19.3. The quantitative estimate of drug-likeness (QED) is 0.616. The lowest BCUT2D eigenvalue weighted by Gasteiger charge is -2.33. The molecule has 184 valence electrons. The van der Waals surface area contributed by atoms with Crippen molar-refractivity contribution in [2.75, 3.05) is 13.1 Å². The van der Waals surface area contributed by atoms with Gasteiger partial charge in [-0.2, -0.15) is 8.78 Å². The van der Waals surface area contributed by atoms with Crippen LogP contribution in [0.15, 0.2) is 18.2 Å². The molecule has 2 atom stereocenters. The molecule has 0 spiro atoms. The van der Waals surface area contributed by atoms with E-state index >= 15 is 4.39 Å². The van der Waals surface area contributed by atoms with Crippen molar-refractivity contribution in [1.82, 2.24) is 10.2 Å². The Labute approximate surface area is 194 Å². The van der Waals surface area contributed by atoms with Crippen LogP contribution in [0, 0.1) is 17.7 Å². The zero-order chi connectivity index (χ0) is 24.1. The molecule has 0 radical (unpaired) electrons. The van der Waals surface area contributed by atoms with Gasteiger partial charge in [-0.25, -0.2) is 4.39 Å². The van der Waals surface area contributed by atoms with Crippen LogP contribution in [0.25, 0.3) is 0 Å². The number of carbonyl (C=O) groups is 3. The molecule has 0 aromatic heterocycles. The molecule has 1 aliphatic heterocycles. The van der Waals surface area contributed by atoms with E-state index in [9.17, 15) is 23.2 Å². The predicted molar refractivity (Wildman–Crippen MR) is 121 cm³/mol. The van der Waals surface area contributed by atoms with Crippen molar-refractivity contribution < 1.29 is 29.0 Å². The summed E-state index contributed by atoms with van der Waals surface area (Å²) >= 11 is 0. The maximum absolute atomic E-state index is 15.4. The summed E-state index contributed by atoms with van der Waals surface area (Å²) < 4.78 is 41.1. The Kier molecular flexibility index (Phi) is 8.54. The molecule has 1 N–H and O–H groups in total. The number of nitrogens with zero attached hydrogens (tertiary/aromatic N) is 1. The highest BCUT2D eigenvalue weighted by Crippen LogP contribution is 2.31. The fourth-order valence-corrected chi connectivity index (χ4v) is 5.08. The largest absolute Gasteiger partial charge is 0.342 e. The van der Waals surface area contributed by atoms with Crippen LogP contribution in [0.3, 0.4) is 0 Å². The van der Waals surface area contributed by atoms with E-state index in [2.05, 4.69) is 5.32 Å². The Morgan fingerprint density at radius 3 is 2.39 bits per heavy atom. The number of Topliss-reactive ketones (excluding diaryl/α,β-unsaturated/α-hetero) is 1. The first-order valence-corrected chi connectivity index (χ1v) is 11.9. The maximum atomic E-state index is 15.4. The average molecular weight is 469 g/mol. The summed E-state index contributed by atoms with van der Waals surface area (Å²) in [6.07, 6.45) is 2.72. The van der Waals surface area contributed by atoms with Crippen LogP contribution in [-0.4, -0.2) is 48.1 Å². The van der Waals surface area contributed by atoms with E-state index < -0.39 is 36.0 Å². The van der Waals surface area contributed by atoms with Crippen LogP contribution >= 0.6 is 0 Å². The van der Waals surface area contributed by atoms with Gasteiger partial charge in [-0.05, 0) is 43.2 Å². The first-order chi connectivity index (χ1) is 15.7. The Bertz CT molecular complexity index is 875. The van der Waals surface area contributed by atoms with Crippen molar-refractivity contribution in [3.63, 3.8) is 0 Å². The molecule has 0 bridgehead atoms. The summed E-state index contributed by atoms with van der Waals surface area (Å²) in [5, 5.41) is 2.80. The van der Waals surface area contributed by atoms with Crippen molar-refractivity contribution in [2.24, 2.45) is 11.8 Å². The van der Waals surface area contributed by atoms with Crippen molar-refractivity contribution in [3.8, 4) is 0 Å². The van der Waals surface area contributed by atoms with Crippen molar-refractivity contribution in [1.29, 1.82) is 0 Å². The third-order valence-electron chi connectivity index (χ3n) is 6.92. The predicted octanol–water partition coefficient (Wildman–Crippen LogP) is 4.95. The number of halogens is 3. The molecule has 1 aliphatic carbocycles. The molecule has 1 unspecified atom stereocenters. The number of amides is 2. The number of benzene rings is 1. The molecule has 5 nitrogen and oxygen atoms in total. The van der Waals surface area contributed by atoms with Crippen molar-refractivity contribution in [3.05, 3.63) is 35.1 Å². The first kappa shape index (κ1) is 25.2. The van der Waals surface area contributed by atoms with Gasteiger partial charge in [0, 0.05) is 26.4 Å². The van der Waals surface area contributed by atoms with E-state index in [0.717, 1.165) is 37.0 Å². The highest BCUT2D eigenvalue weighted by Gasteiger charge is 2.34. The zero-order valence-corrected chi connectivity index (χ0v) is 19.3. The smallest absolute Gasteiger partial charge is 0.315 e. The van der Waals surface area contributed by atoms with Gasteiger partial charge in [-0.15, -0.1) is 0 Å². The number of hydrogen-bond donors (Lipinski definition) is 1. The summed E-state index contributed by atoms with van der Waals surface area (Å²) in [5.41, 5.74) is 0.0704. The standard InChI is InChI=1S/C25H33F3N2O3.H2/c1-15(2)22(31)21(16-8-4-3-5-9-16)29-24(32)19-12-6-11-18(20(19)26)17-10-7-13-30(14-17)25(33)23(27)28;/h6,11-12,15-17,21,23H,3-5,7-10,13-14H2,1-2H3,(H,29,32);1H/t17?,21-;/m1./s1. The molecule has 2 aliphatic rings. The van der Waals surface area contributed by atoms with Crippen LogP contribution in [0.4, 0.5) is 13.2 Å². The van der Waals surface area contributed by atoms with Gasteiger partial charge in [-0.3, -0.25) is 14.4 Å². The van der Waals surface area contributed by atoms with E-state index in [1.807, 2.05) is 0 Å². The second-order valence-corrected chi connectivity index (χ2v) is 9.54. The normalized spacial score (nSPS) is 20.7. The minimum absolute atomic E-state index is 0. The molecule has 1 heterocycles. The Morgan fingerprint density at radius 2 is 1.76 bits per heavy atom. The summed E-state index contributed by atoms with van der Waals surface area (Å²) in [6.45, 7) is 3.78. The van der Waals surface area contributed by atoms with Gasteiger partial charge in [0.05, 0.1) is 11.6 Å². The molecule has 33 heavy (non-hydrogen) atoms. The third kappa shape index (κ3) is 5.95. The minimum atomic E-state index is -3.10. The van der Waals surface area contributed by atoms with E-state index in [4.69, 9.17) is 0 Å². The molecule has 1 saturated carbocycles. The second kappa shape index (κ2) is 11.2. The van der Waals surface area contributed by atoms with Crippen LogP contribution in [0.2, 0.25) is 0 Å². The lowest BCUT2D eigenvalue weighted by Crippen LogP contribution is -2.48. The number of hydrogen-bond acceptors (Lipinski definition) is 3. The van der Waals surface area contributed by atoms with Crippen LogP contribution in [0.5, 0.6) is 0 Å². The van der Waals surface area contributed by atoms with Gasteiger partial charge < -0.3 is 10.2 Å². The molecular formula is C25H35F3N2O3. The van der Waals surface area contributed by atoms with Crippen molar-refractivity contribution in [2.45, 2.75) is 77.2 Å². The van der Waals surface area contributed by atoms with Gasteiger partial charge in [0.15, 0.2) is 5.78 Å². The number of alkyl halides is 2. The monoisotopic (exact) mass is 468 g/mol. The summed E-state index contributed by atoms with van der Waals surface area (Å²) in [6, 6.07) is 3.80. The summed E-state index contributed by atoms with van der Waals surface area (Å²) in [7, 11) is 0. The fraction of sp³-hybridized carbons (Fsp3) is 0.640. The van der Waals surface area contributed by atoms with Gasteiger partial charge in [0.1, 0.15) is 5.82 Å². The van der Waals surface area contributed by atoms with E-state index in [-0.39, 0.29) is 43.3 Å². The topological polar surface area (TPSA) is 66.5 Å². The van der Waals surface area contributed by atoms with E-state index in [1.165, 1.54) is 12.1 Å². The molecule has 1 aromatic carbocycles. The summed E-state index contributed by atoms with van der Waals surface area (Å²) in [4.78, 5) is 38.7. The molecule has 1 saturated heterocycles. The molecule has 2 fully saturated rings. The van der Waals surface area contributed by atoms with Gasteiger partial charge in [-0.1, -0.05) is 45.2 Å². The van der Waals surface area contributed by atoms with Crippen LogP contribution in [0.1, 0.15) is 82.1 Å². The summed E-state index contributed by atoms with van der Waals surface area (Å²) in [5.74, 6) is -3.36. The van der Waals surface area contributed by atoms with Crippen LogP contribution < -0.4 is 5.32 Å². The Morgan fingerprint density at radius 1 is 1.06 bits per heavy atom. The zero-order valence-electron chi connectivity index (χ0n) is 19.3. The molecular weight excluding hydrogens is 433 g/mol. The molecule has 8 heteroatoms. The SMILES string of the molecule is CC(C)C(=O)[C@H](NC(=O)c1cccc(C2CCCN(C(=O)C(F)F)C2)c1F)C1CCCCC1.[HH]. The Balaban J connectivity index is 0.00000408. The molecule has 1 aromatic rings. The number of likely N-dealkylation sites (tertiary alicyclic amines) is 1. The van der Waals surface area contributed by atoms with Gasteiger partial charge >= 0.3 is 6.43 Å². The minimum Gasteiger partial charge on any atom is -0.342 e. The highest BCUT2D eigenvalue weighted by molar-refractivity contribution is 5.98. The third-order valence-corrected chi connectivity index (χ3v) is 6.92. The van der Waals surface area contributed by atoms with Crippen molar-refractivity contribution >= 4 is 17.6 Å². The van der Waals surface area contributed by atoms with Crippen LogP contribution in [-0.2, 0) is 9.59 Å². The number of rotatable bonds is 7.